The number of likely N-dealkylation sites (tertiary alicyclic amines) is 1. The molecule has 0 saturated carbocycles. The Morgan fingerprint density at radius 3 is 2.38 bits per heavy atom. The van der Waals surface area contributed by atoms with Crippen LogP contribution in [0.3, 0.4) is 0 Å². The molecule has 0 radical (unpaired) electrons. The molecule has 9 nitrogen and oxygen atoms in total. The third-order valence-electron chi connectivity index (χ3n) is 8.74. The topological polar surface area (TPSA) is 88.1 Å². The molecule has 220 valence electrons. The second kappa shape index (κ2) is 13.0. The van der Waals surface area contributed by atoms with Crippen LogP contribution in [0.15, 0.2) is 29.3 Å². The number of hydrogen-bond donors (Lipinski definition) is 0. The minimum absolute atomic E-state index is 0.281. The van der Waals surface area contributed by atoms with Crippen molar-refractivity contribution in [1.82, 2.24) is 19.2 Å². The van der Waals surface area contributed by atoms with Gasteiger partial charge in [-0.1, -0.05) is 6.42 Å². The lowest BCUT2D eigenvalue weighted by Crippen LogP contribution is -2.44. The van der Waals surface area contributed by atoms with Gasteiger partial charge in [-0.25, -0.2) is 13.4 Å². The van der Waals surface area contributed by atoms with Crippen LogP contribution in [-0.2, 0) is 10.0 Å². The zero-order valence-corrected chi connectivity index (χ0v) is 25.2. The predicted octanol–water partition coefficient (Wildman–Crippen LogP) is 4.43. The van der Waals surface area contributed by atoms with E-state index in [9.17, 15) is 8.42 Å². The maximum atomic E-state index is 13.6. The highest BCUT2D eigenvalue weighted by atomic mass is 32.2. The molecule has 1 unspecified atom stereocenters. The average Bonchev–Trinajstić information content (AvgIpc) is 2.96. The summed E-state index contributed by atoms with van der Waals surface area (Å²) >= 11 is 0. The van der Waals surface area contributed by atoms with Crippen molar-refractivity contribution in [1.29, 1.82) is 0 Å². The summed E-state index contributed by atoms with van der Waals surface area (Å²) in [5.41, 5.74) is 1.37. The van der Waals surface area contributed by atoms with Crippen molar-refractivity contribution < 1.29 is 17.9 Å². The Morgan fingerprint density at radius 1 is 0.950 bits per heavy atom. The van der Waals surface area contributed by atoms with Gasteiger partial charge in [0.1, 0.15) is 17.7 Å². The Balaban J connectivity index is 1.17. The van der Waals surface area contributed by atoms with E-state index in [4.69, 9.17) is 14.5 Å². The largest absolute Gasteiger partial charge is 0.497 e. The van der Waals surface area contributed by atoms with Crippen molar-refractivity contribution in [3.63, 3.8) is 0 Å². The van der Waals surface area contributed by atoms with E-state index >= 15 is 0 Å². The Morgan fingerprint density at radius 2 is 1.68 bits per heavy atom. The Hall–Kier alpha value is -2.43. The van der Waals surface area contributed by atoms with Crippen molar-refractivity contribution in [3.05, 3.63) is 35.5 Å². The van der Waals surface area contributed by atoms with Gasteiger partial charge in [0.05, 0.1) is 18.6 Å². The number of sulfonamides is 1. The fourth-order valence-electron chi connectivity index (χ4n) is 6.50. The molecule has 3 fully saturated rings. The fourth-order valence-corrected chi connectivity index (χ4v) is 8.42. The van der Waals surface area contributed by atoms with Crippen LogP contribution in [0.2, 0.25) is 0 Å². The van der Waals surface area contributed by atoms with Crippen molar-refractivity contribution in [2.75, 3.05) is 57.8 Å². The number of aryl methyl sites for hydroxylation is 2. The molecule has 1 atom stereocenters. The summed E-state index contributed by atoms with van der Waals surface area (Å²) in [5.74, 6) is 2.33. The number of piperidine rings is 3. The van der Waals surface area contributed by atoms with Gasteiger partial charge in [0, 0.05) is 25.8 Å². The maximum Gasteiger partial charge on any atom is 0.318 e. The highest BCUT2D eigenvalue weighted by Crippen LogP contribution is 2.31. The van der Waals surface area contributed by atoms with Gasteiger partial charge in [-0.15, -0.1) is 0 Å². The van der Waals surface area contributed by atoms with Gasteiger partial charge in [0.25, 0.3) is 0 Å². The van der Waals surface area contributed by atoms with Crippen LogP contribution in [0.1, 0.15) is 62.5 Å². The normalized spacial score (nSPS) is 21.9. The first-order chi connectivity index (χ1) is 19.3. The van der Waals surface area contributed by atoms with Gasteiger partial charge in [0.2, 0.25) is 10.0 Å². The second-order valence-corrected chi connectivity index (χ2v) is 13.5. The first-order valence-corrected chi connectivity index (χ1v) is 16.4. The molecule has 4 heterocycles. The molecular weight excluding hydrogens is 526 g/mol. The van der Waals surface area contributed by atoms with Crippen LogP contribution in [0.25, 0.3) is 0 Å². The third-order valence-corrected chi connectivity index (χ3v) is 10.9. The molecular formula is C30H45N5O4S. The molecule has 10 heteroatoms. The molecule has 0 amide bonds. The minimum Gasteiger partial charge on any atom is -0.497 e. The summed E-state index contributed by atoms with van der Waals surface area (Å²) in [5, 5.41) is 0. The Labute approximate surface area is 239 Å². The summed E-state index contributed by atoms with van der Waals surface area (Å²) < 4.78 is 40.3. The van der Waals surface area contributed by atoms with E-state index in [1.165, 1.54) is 58.2 Å². The number of anilines is 1. The number of aromatic nitrogens is 2. The van der Waals surface area contributed by atoms with Crippen LogP contribution in [0.4, 0.5) is 5.82 Å². The van der Waals surface area contributed by atoms with E-state index in [1.54, 1.807) is 29.7 Å². The number of hydrogen-bond acceptors (Lipinski definition) is 8. The van der Waals surface area contributed by atoms with Crippen molar-refractivity contribution in [3.8, 4) is 11.8 Å². The first-order valence-electron chi connectivity index (χ1n) is 15.0. The van der Waals surface area contributed by atoms with E-state index in [0.717, 1.165) is 37.7 Å². The SMILES string of the molecule is COc1cc(C)c(S(=O)(=O)N2CCCC(Oc3nccc(N4CCC(CCN5CCCCC5)CC4)n3)C2)c(C)c1. The highest BCUT2D eigenvalue weighted by molar-refractivity contribution is 7.89. The van der Waals surface area contributed by atoms with Gasteiger partial charge in [-0.05, 0) is 114 Å². The highest BCUT2D eigenvalue weighted by Gasteiger charge is 2.34. The molecule has 0 spiro atoms. The zero-order chi connectivity index (χ0) is 28.1. The molecule has 0 aliphatic carbocycles. The number of ether oxygens (including phenoxy) is 2. The smallest absolute Gasteiger partial charge is 0.318 e. The van der Waals surface area contributed by atoms with Gasteiger partial charge < -0.3 is 19.3 Å². The molecule has 3 aliphatic heterocycles. The third kappa shape index (κ3) is 6.89. The van der Waals surface area contributed by atoms with Gasteiger partial charge >= 0.3 is 6.01 Å². The lowest BCUT2D eigenvalue weighted by atomic mass is 9.93. The molecule has 5 rings (SSSR count). The summed E-state index contributed by atoms with van der Waals surface area (Å²) in [7, 11) is -2.08. The van der Waals surface area contributed by atoms with E-state index in [1.807, 2.05) is 19.9 Å². The van der Waals surface area contributed by atoms with Gasteiger partial charge in [-0.2, -0.15) is 9.29 Å². The summed E-state index contributed by atoms with van der Waals surface area (Å²) in [6.07, 6.45) is 10.7. The zero-order valence-electron chi connectivity index (χ0n) is 24.3. The second-order valence-electron chi connectivity index (χ2n) is 11.7. The minimum atomic E-state index is -3.67. The standard InChI is InChI=1S/C30H45N5O4S/c1-23-20-27(38-3)21-24(2)29(23)40(36,37)35-16-7-8-26(22-35)39-30-31-13-9-28(32-30)34-18-11-25(12-19-34)10-17-33-14-5-4-6-15-33/h9,13,20-21,25-26H,4-8,10-12,14-19,22H2,1-3H3. The van der Waals surface area contributed by atoms with Crippen LogP contribution in [-0.4, -0.2) is 86.6 Å². The number of methoxy groups -OCH3 is 1. The quantitative estimate of drug-likeness (QED) is 0.437. The van der Waals surface area contributed by atoms with E-state index in [2.05, 4.69) is 14.8 Å². The molecule has 40 heavy (non-hydrogen) atoms. The summed E-state index contributed by atoms with van der Waals surface area (Å²) in [6, 6.07) is 5.82. The Kier molecular flexibility index (Phi) is 9.48. The maximum absolute atomic E-state index is 13.6. The molecule has 1 aromatic heterocycles. The van der Waals surface area contributed by atoms with Gasteiger partial charge in [0.15, 0.2) is 0 Å². The molecule has 1 aromatic carbocycles. The average molecular weight is 572 g/mol. The summed E-state index contributed by atoms with van der Waals surface area (Å²) in [6.45, 7) is 10.2. The van der Waals surface area contributed by atoms with E-state index in [-0.39, 0.29) is 12.6 Å². The van der Waals surface area contributed by atoms with Crippen molar-refractivity contribution >= 4 is 15.8 Å². The lowest BCUT2D eigenvalue weighted by Gasteiger charge is -2.35. The Bertz CT molecular complexity index is 1220. The predicted molar refractivity (Wildman–Crippen MR) is 157 cm³/mol. The van der Waals surface area contributed by atoms with Crippen LogP contribution in [0.5, 0.6) is 11.8 Å². The van der Waals surface area contributed by atoms with E-state index < -0.39 is 10.0 Å². The fraction of sp³-hybridized carbons (Fsp3) is 0.667. The van der Waals surface area contributed by atoms with Crippen LogP contribution < -0.4 is 14.4 Å². The van der Waals surface area contributed by atoms with E-state index in [0.29, 0.717) is 34.3 Å². The molecule has 3 saturated heterocycles. The lowest BCUT2D eigenvalue weighted by molar-refractivity contribution is 0.119. The van der Waals surface area contributed by atoms with Crippen LogP contribution >= 0.6 is 0 Å². The number of nitrogens with zero attached hydrogens (tertiary/aromatic N) is 5. The monoisotopic (exact) mass is 571 g/mol. The van der Waals surface area contributed by atoms with Crippen LogP contribution in [0, 0.1) is 19.8 Å². The molecule has 0 bridgehead atoms. The molecule has 0 N–H and O–H groups in total. The molecule has 3 aliphatic rings. The van der Waals surface area contributed by atoms with Crippen molar-refractivity contribution in [2.24, 2.45) is 5.92 Å². The number of benzene rings is 1. The van der Waals surface area contributed by atoms with Crippen molar-refractivity contribution in [2.45, 2.75) is 76.2 Å². The summed E-state index contributed by atoms with van der Waals surface area (Å²) in [4.78, 5) is 14.4. The number of rotatable bonds is 9. The molecule has 2 aromatic rings. The van der Waals surface area contributed by atoms with Gasteiger partial charge in [-0.3, -0.25) is 0 Å². The first kappa shape index (κ1) is 29.1.